The lowest BCUT2D eigenvalue weighted by atomic mass is 9.67. The average molecular weight is 403 g/mol. The van der Waals surface area contributed by atoms with Crippen LogP contribution >= 0.6 is 0 Å². The first-order valence-electron chi connectivity index (χ1n) is 12.1. The van der Waals surface area contributed by atoms with Gasteiger partial charge >= 0.3 is 0 Å². The van der Waals surface area contributed by atoms with Crippen molar-refractivity contribution in [1.82, 2.24) is 0 Å². The number of hydrogen-bond acceptors (Lipinski definition) is 0. The predicted molar refractivity (Wildman–Crippen MR) is 119 cm³/mol. The third-order valence-corrected chi connectivity index (χ3v) is 7.71. The molecule has 2 fully saturated rings. The van der Waals surface area contributed by atoms with E-state index in [0.29, 0.717) is 12.3 Å². The first-order chi connectivity index (χ1) is 14.0. The summed E-state index contributed by atoms with van der Waals surface area (Å²) in [7, 11) is 0. The van der Waals surface area contributed by atoms with Crippen LogP contribution in [-0.2, 0) is 12.8 Å². The van der Waals surface area contributed by atoms with E-state index in [9.17, 15) is 8.78 Å². The zero-order valence-corrected chi connectivity index (χ0v) is 18.4. The third kappa shape index (κ3) is 6.40. The maximum absolute atomic E-state index is 14.5. The van der Waals surface area contributed by atoms with Crippen LogP contribution in [0.4, 0.5) is 8.78 Å². The molecule has 162 valence electrons. The molecule has 2 aliphatic rings. The molecule has 0 heterocycles. The van der Waals surface area contributed by atoms with Gasteiger partial charge in [0.15, 0.2) is 0 Å². The van der Waals surface area contributed by atoms with Crippen LogP contribution in [0, 0.1) is 23.7 Å². The molecule has 2 atom stereocenters. The fraction of sp³-hybridized carbons (Fsp3) is 0.704. The van der Waals surface area contributed by atoms with Gasteiger partial charge in [0.2, 0.25) is 0 Å². The molecule has 0 N–H and O–H groups in total. The summed E-state index contributed by atoms with van der Waals surface area (Å²) in [5.41, 5.74) is 2.82. The molecule has 2 unspecified atom stereocenters. The van der Waals surface area contributed by atoms with Gasteiger partial charge in [-0.1, -0.05) is 56.5 Å². The van der Waals surface area contributed by atoms with E-state index in [1.165, 1.54) is 43.2 Å². The second-order valence-corrected chi connectivity index (χ2v) is 9.75. The maximum Gasteiger partial charge on any atom is 0.251 e. The van der Waals surface area contributed by atoms with Crippen LogP contribution in [0.2, 0.25) is 0 Å². The molecular formula is C27H40F2. The van der Waals surface area contributed by atoms with E-state index in [4.69, 9.17) is 0 Å². The van der Waals surface area contributed by atoms with Gasteiger partial charge in [0.25, 0.3) is 5.92 Å². The molecule has 0 bridgehead atoms. The zero-order valence-electron chi connectivity index (χ0n) is 18.4. The summed E-state index contributed by atoms with van der Waals surface area (Å²) in [6.45, 7) is 5.82. The van der Waals surface area contributed by atoms with E-state index >= 15 is 0 Å². The van der Waals surface area contributed by atoms with Gasteiger partial charge in [-0.15, -0.1) is 6.58 Å². The fourth-order valence-corrected chi connectivity index (χ4v) is 5.81. The molecule has 1 aromatic rings. The molecule has 0 saturated heterocycles. The minimum Gasteiger partial charge on any atom is -0.207 e. The lowest BCUT2D eigenvalue weighted by Crippen LogP contribution is -2.38. The molecule has 3 rings (SSSR count). The van der Waals surface area contributed by atoms with Crippen molar-refractivity contribution in [3.05, 3.63) is 48.0 Å². The minimum atomic E-state index is -2.42. The number of halogens is 2. The Hall–Kier alpha value is -1.18. The van der Waals surface area contributed by atoms with E-state index < -0.39 is 5.92 Å². The van der Waals surface area contributed by atoms with Crippen LogP contribution < -0.4 is 0 Å². The van der Waals surface area contributed by atoms with E-state index in [-0.39, 0.29) is 18.3 Å². The first-order valence-corrected chi connectivity index (χ1v) is 12.1. The Morgan fingerprint density at radius 2 is 1.52 bits per heavy atom. The summed E-state index contributed by atoms with van der Waals surface area (Å²) in [5.74, 6) is -1.19. The maximum atomic E-state index is 14.5. The van der Waals surface area contributed by atoms with E-state index in [0.717, 1.165) is 44.4 Å². The van der Waals surface area contributed by atoms with E-state index in [1.54, 1.807) is 0 Å². The Bertz CT molecular complexity index is 610. The van der Waals surface area contributed by atoms with Crippen LogP contribution in [-0.4, -0.2) is 5.92 Å². The number of benzene rings is 1. The second kappa shape index (κ2) is 10.7. The van der Waals surface area contributed by atoms with Crippen LogP contribution in [0.3, 0.4) is 0 Å². The van der Waals surface area contributed by atoms with Gasteiger partial charge in [-0.3, -0.25) is 0 Å². The fourth-order valence-electron chi connectivity index (χ4n) is 5.81. The zero-order chi connectivity index (χ0) is 20.7. The van der Waals surface area contributed by atoms with Crippen molar-refractivity contribution >= 4 is 0 Å². The van der Waals surface area contributed by atoms with Crippen LogP contribution in [0.5, 0.6) is 0 Å². The SMILES string of the molecule is C=CCCc1ccc(CCC2CCC(C3CCC(CCC)C(F)(F)C3)CC2)cc1. The summed E-state index contributed by atoms with van der Waals surface area (Å²) in [5, 5.41) is 0. The molecule has 0 nitrogen and oxygen atoms in total. The molecule has 0 aliphatic heterocycles. The molecule has 29 heavy (non-hydrogen) atoms. The molecule has 0 radical (unpaired) electrons. The van der Waals surface area contributed by atoms with Crippen molar-refractivity contribution in [2.45, 2.75) is 96.3 Å². The number of hydrogen-bond donors (Lipinski definition) is 0. The van der Waals surface area contributed by atoms with Crippen molar-refractivity contribution in [1.29, 1.82) is 0 Å². The Morgan fingerprint density at radius 3 is 2.10 bits per heavy atom. The van der Waals surface area contributed by atoms with Gasteiger partial charge in [-0.25, -0.2) is 8.78 Å². The number of aryl methyl sites for hydroxylation is 2. The molecule has 2 aliphatic carbocycles. The van der Waals surface area contributed by atoms with Gasteiger partial charge in [-0.05, 0) is 86.7 Å². The topological polar surface area (TPSA) is 0 Å². The van der Waals surface area contributed by atoms with Gasteiger partial charge in [0, 0.05) is 12.3 Å². The lowest BCUT2D eigenvalue weighted by Gasteiger charge is -2.41. The highest BCUT2D eigenvalue weighted by molar-refractivity contribution is 5.23. The van der Waals surface area contributed by atoms with Gasteiger partial charge in [-0.2, -0.15) is 0 Å². The summed E-state index contributed by atoms with van der Waals surface area (Å²) in [6, 6.07) is 9.07. The second-order valence-electron chi connectivity index (χ2n) is 9.75. The van der Waals surface area contributed by atoms with Crippen molar-refractivity contribution in [3.63, 3.8) is 0 Å². The number of allylic oxidation sites excluding steroid dienone is 1. The molecule has 0 amide bonds. The quantitative estimate of drug-likeness (QED) is 0.364. The Morgan fingerprint density at radius 1 is 0.897 bits per heavy atom. The van der Waals surface area contributed by atoms with E-state index in [2.05, 4.69) is 30.8 Å². The van der Waals surface area contributed by atoms with Gasteiger partial charge in [0.1, 0.15) is 0 Å². The van der Waals surface area contributed by atoms with Crippen LogP contribution in [0.25, 0.3) is 0 Å². The van der Waals surface area contributed by atoms with E-state index in [1.807, 2.05) is 13.0 Å². The van der Waals surface area contributed by atoms with Crippen molar-refractivity contribution in [2.24, 2.45) is 23.7 Å². The van der Waals surface area contributed by atoms with Crippen molar-refractivity contribution < 1.29 is 8.78 Å². The summed E-state index contributed by atoms with van der Waals surface area (Å²) < 4.78 is 29.1. The monoisotopic (exact) mass is 402 g/mol. The Labute approximate surface area is 177 Å². The van der Waals surface area contributed by atoms with Gasteiger partial charge < -0.3 is 0 Å². The predicted octanol–water partition coefficient (Wildman–Crippen LogP) is 8.40. The summed E-state index contributed by atoms with van der Waals surface area (Å²) >= 11 is 0. The summed E-state index contributed by atoms with van der Waals surface area (Å²) in [6.07, 6.45) is 14.8. The molecule has 1 aromatic carbocycles. The molecular weight excluding hydrogens is 362 g/mol. The normalized spacial score (nSPS) is 29.5. The highest BCUT2D eigenvalue weighted by atomic mass is 19.3. The van der Waals surface area contributed by atoms with Crippen LogP contribution in [0.15, 0.2) is 36.9 Å². The number of alkyl halides is 2. The molecule has 0 aromatic heterocycles. The lowest BCUT2D eigenvalue weighted by molar-refractivity contribution is -0.115. The third-order valence-electron chi connectivity index (χ3n) is 7.71. The average Bonchev–Trinajstić information content (AvgIpc) is 2.73. The van der Waals surface area contributed by atoms with Crippen molar-refractivity contribution in [2.75, 3.05) is 0 Å². The summed E-state index contributed by atoms with van der Waals surface area (Å²) in [4.78, 5) is 0. The molecule has 2 saturated carbocycles. The standard InChI is InChI=1S/C27H40F2/c1-3-5-7-21-8-10-22(11-9-21)12-13-23-14-16-24(17-15-23)25-18-19-26(6-4-2)27(28,29)20-25/h3,8-11,23-26H,1,4-7,12-20H2,2H3. The number of rotatable bonds is 9. The largest absolute Gasteiger partial charge is 0.251 e. The smallest absolute Gasteiger partial charge is 0.207 e. The van der Waals surface area contributed by atoms with Crippen LogP contribution in [0.1, 0.15) is 88.7 Å². The highest BCUT2D eigenvalue weighted by Gasteiger charge is 2.46. The van der Waals surface area contributed by atoms with Gasteiger partial charge in [0.05, 0.1) is 0 Å². The minimum absolute atomic E-state index is 0.158. The molecule has 0 spiro atoms. The highest BCUT2D eigenvalue weighted by Crippen LogP contribution is 2.49. The first kappa shape index (κ1) is 22.5. The molecule has 2 heteroatoms. The van der Waals surface area contributed by atoms with Crippen molar-refractivity contribution in [3.8, 4) is 0 Å². The Kier molecular flexibility index (Phi) is 8.33. The Balaban J connectivity index is 1.40.